The molecule has 8 nitrogen and oxygen atoms in total. The van der Waals surface area contributed by atoms with Crippen molar-refractivity contribution < 1.29 is 28.6 Å². The highest BCUT2D eigenvalue weighted by molar-refractivity contribution is 6.40. The number of morpholine rings is 1. The number of benzene rings is 3. The fourth-order valence-electron chi connectivity index (χ4n) is 7.87. The summed E-state index contributed by atoms with van der Waals surface area (Å²) in [5.74, 6) is -0.281. The quantitative estimate of drug-likeness (QED) is 0.329. The Labute approximate surface area is 270 Å². The normalized spacial score (nSPS) is 25.0. The van der Waals surface area contributed by atoms with Crippen LogP contribution in [0.25, 0.3) is 11.1 Å². The van der Waals surface area contributed by atoms with E-state index in [9.17, 15) is 14.7 Å². The fourth-order valence-corrected chi connectivity index (χ4v) is 8.50. The molecule has 45 heavy (non-hydrogen) atoms. The van der Waals surface area contributed by atoms with Crippen molar-refractivity contribution in [1.29, 1.82) is 0 Å². The lowest BCUT2D eigenvalue weighted by Crippen LogP contribution is -2.46. The number of nitrogens with zero attached hydrogens (tertiary/aromatic N) is 3. The van der Waals surface area contributed by atoms with Gasteiger partial charge in [0.2, 0.25) is 0 Å². The number of rotatable bonds is 5. The fraction of sp³-hybridized carbons (Fsp3) is 0.412. The summed E-state index contributed by atoms with van der Waals surface area (Å²) in [6, 6.07) is 11.8. The smallest absolute Gasteiger partial charge is 0.337 e. The summed E-state index contributed by atoms with van der Waals surface area (Å²) in [5, 5.41) is 10.6. The number of carbonyl (C=O) groups is 2. The minimum Gasteiger partial charge on any atom is -0.478 e. The summed E-state index contributed by atoms with van der Waals surface area (Å²) in [5.41, 5.74) is 3.00. The van der Waals surface area contributed by atoms with Crippen molar-refractivity contribution in [2.45, 2.75) is 44.3 Å². The van der Waals surface area contributed by atoms with Gasteiger partial charge in [0, 0.05) is 35.5 Å². The molecule has 1 saturated carbocycles. The molecule has 4 fully saturated rings. The van der Waals surface area contributed by atoms with Crippen LogP contribution in [0.3, 0.4) is 0 Å². The third kappa shape index (κ3) is 4.82. The van der Waals surface area contributed by atoms with E-state index in [2.05, 4.69) is 9.80 Å². The summed E-state index contributed by atoms with van der Waals surface area (Å²) in [4.78, 5) is 31.8. The zero-order valence-corrected chi connectivity index (χ0v) is 26.0. The zero-order chi connectivity index (χ0) is 31.0. The van der Waals surface area contributed by atoms with Gasteiger partial charge in [-0.2, -0.15) is 0 Å². The highest BCUT2D eigenvalue weighted by Crippen LogP contribution is 2.45. The molecule has 2 unspecified atom stereocenters. The summed E-state index contributed by atoms with van der Waals surface area (Å²) in [6.45, 7) is 3.11. The number of para-hydroxylation sites is 1. The Kier molecular flexibility index (Phi) is 7.11. The second kappa shape index (κ2) is 11.1. The topological polar surface area (TPSA) is 82.5 Å². The predicted octanol–water partition coefficient (Wildman–Crippen LogP) is 6.70. The first-order valence-electron chi connectivity index (χ1n) is 15.5. The van der Waals surface area contributed by atoms with E-state index < -0.39 is 11.8 Å². The number of carbonyl (C=O) groups excluding carboxylic acids is 1. The van der Waals surface area contributed by atoms with Gasteiger partial charge in [-0.05, 0) is 61.8 Å². The van der Waals surface area contributed by atoms with E-state index in [0.29, 0.717) is 45.8 Å². The Hall–Kier alpha value is -3.53. The minimum atomic E-state index is -1.18. The molecule has 0 radical (unpaired) electrons. The Morgan fingerprint density at radius 1 is 0.911 bits per heavy atom. The van der Waals surface area contributed by atoms with Gasteiger partial charge in [0.25, 0.3) is 5.91 Å². The number of carboxylic acid groups (broad SMARTS) is 1. The zero-order valence-electron chi connectivity index (χ0n) is 24.5. The van der Waals surface area contributed by atoms with E-state index in [1.165, 1.54) is 17.7 Å². The van der Waals surface area contributed by atoms with E-state index in [0.717, 1.165) is 49.5 Å². The SMILES string of the molecule is O=C(O)c1cc(F)c(-c2cccc3c2OCN(C(=O)c2c(Cl)cc(N4C[C@H]5CC[C@H]5C4)cc2Cl)C3)cc1N1C2CCC1COC2. The van der Waals surface area contributed by atoms with Crippen molar-refractivity contribution in [3.05, 3.63) is 75.0 Å². The van der Waals surface area contributed by atoms with Gasteiger partial charge in [0.15, 0.2) is 6.73 Å². The van der Waals surface area contributed by atoms with Gasteiger partial charge >= 0.3 is 5.97 Å². The van der Waals surface area contributed by atoms with Gasteiger partial charge in [0.1, 0.15) is 11.6 Å². The largest absolute Gasteiger partial charge is 0.478 e. The average Bonchev–Trinajstić information content (AvgIpc) is 3.44. The minimum absolute atomic E-state index is 0.0406. The van der Waals surface area contributed by atoms with Crippen molar-refractivity contribution >= 4 is 46.5 Å². The molecule has 3 saturated heterocycles. The molecular formula is C34H32Cl2FN3O5. The third-order valence-electron chi connectivity index (χ3n) is 10.3. The molecule has 0 aromatic heterocycles. The molecule has 3 aromatic carbocycles. The molecule has 11 heteroatoms. The first-order valence-corrected chi connectivity index (χ1v) is 16.2. The van der Waals surface area contributed by atoms with Crippen molar-refractivity contribution in [3.63, 3.8) is 0 Å². The number of aromatic carboxylic acids is 1. The number of hydrogen-bond acceptors (Lipinski definition) is 6. The molecule has 8 rings (SSSR count). The van der Waals surface area contributed by atoms with E-state index in [1.807, 2.05) is 18.2 Å². The second-order valence-electron chi connectivity index (χ2n) is 12.8. The van der Waals surface area contributed by atoms with Gasteiger partial charge in [-0.15, -0.1) is 0 Å². The summed E-state index contributed by atoms with van der Waals surface area (Å²) in [6.07, 6.45) is 4.29. The lowest BCUT2D eigenvalue weighted by atomic mass is 9.77. The highest BCUT2D eigenvalue weighted by Gasteiger charge is 2.41. The molecule has 1 amide bonds. The van der Waals surface area contributed by atoms with Gasteiger partial charge < -0.3 is 29.3 Å². The lowest BCUT2D eigenvalue weighted by Gasteiger charge is -2.37. The highest BCUT2D eigenvalue weighted by atomic mass is 35.5. The number of fused-ring (bicyclic) bond motifs is 4. The van der Waals surface area contributed by atoms with Crippen LogP contribution in [0.2, 0.25) is 10.0 Å². The number of anilines is 2. The molecule has 4 heterocycles. The third-order valence-corrected chi connectivity index (χ3v) is 10.9. The van der Waals surface area contributed by atoms with Crippen LogP contribution in [0.15, 0.2) is 42.5 Å². The van der Waals surface area contributed by atoms with Crippen molar-refractivity contribution in [1.82, 2.24) is 4.90 Å². The number of hydrogen-bond donors (Lipinski definition) is 1. The van der Waals surface area contributed by atoms with E-state index in [-0.39, 0.29) is 48.0 Å². The molecule has 1 aliphatic carbocycles. The molecule has 5 aliphatic rings. The molecule has 1 N–H and O–H groups in total. The molecule has 4 atom stereocenters. The van der Waals surface area contributed by atoms with Crippen LogP contribution in [0.1, 0.15) is 52.0 Å². The number of carboxylic acids is 1. The summed E-state index contributed by atoms with van der Waals surface area (Å²) in [7, 11) is 0. The van der Waals surface area contributed by atoms with Gasteiger partial charge in [-0.3, -0.25) is 4.79 Å². The predicted molar refractivity (Wildman–Crippen MR) is 169 cm³/mol. The second-order valence-corrected chi connectivity index (χ2v) is 13.7. The number of ether oxygens (including phenoxy) is 2. The molecule has 3 aromatic rings. The molecule has 0 spiro atoms. The molecule has 234 valence electrons. The molecular weight excluding hydrogens is 620 g/mol. The molecule has 2 bridgehead atoms. The maximum atomic E-state index is 15.7. The van der Waals surface area contributed by atoms with Crippen molar-refractivity contribution in [2.75, 3.05) is 42.8 Å². The standard InChI is InChI=1S/C34H32Cl2FN3O5/c35-27-8-23(38-12-18-4-5-19(18)13-38)9-28(36)31(27)33(41)39-14-20-2-1-3-24(32(20)45-17-39)25-11-30(26(34(42)43)10-29(25)37)40-21-6-7-22(40)16-44-15-21/h1-3,8-11,18-19,21-22H,4-7,12-17H2,(H,42,43)/t18-,19+,21?,22?. The van der Waals surface area contributed by atoms with Crippen LogP contribution in [-0.4, -0.2) is 67.0 Å². The maximum absolute atomic E-state index is 15.7. The van der Waals surface area contributed by atoms with E-state index in [1.54, 1.807) is 18.2 Å². The Morgan fingerprint density at radius 2 is 1.60 bits per heavy atom. The van der Waals surface area contributed by atoms with Crippen LogP contribution in [0.4, 0.5) is 15.8 Å². The molecule has 4 aliphatic heterocycles. The number of amides is 1. The van der Waals surface area contributed by atoms with Crippen LogP contribution in [0.5, 0.6) is 5.75 Å². The number of halogens is 3. The first kappa shape index (κ1) is 28.9. The Bertz CT molecular complexity index is 1690. The Morgan fingerprint density at radius 3 is 2.24 bits per heavy atom. The van der Waals surface area contributed by atoms with Gasteiger partial charge in [-0.1, -0.05) is 41.4 Å². The van der Waals surface area contributed by atoms with Gasteiger partial charge in [-0.25, -0.2) is 9.18 Å². The van der Waals surface area contributed by atoms with E-state index in [4.69, 9.17) is 32.7 Å². The van der Waals surface area contributed by atoms with Crippen molar-refractivity contribution in [3.8, 4) is 16.9 Å². The van der Waals surface area contributed by atoms with Crippen LogP contribution in [0, 0.1) is 17.7 Å². The van der Waals surface area contributed by atoms with Gasteiger partial charge in [0.05, 0.1) is 58.7 Å². The first-order chi connectivity index (χ1) is 21.8. The van der Waals surface area contributed by atoms with E-state index >= 15 is 4.39 Å². The monoisotopic (exact) mass is 651 g/mol. The Balaban J connectivity index is 1.08. The summed E-state index contributed by atoms with van der Waals surface area (Å²) >= 11 is 13.4. The van der Waals surface area contributed by atoms with Crippen LogP contribution in [-0.2, 0) is 11.3 Å². The average molecular weight is 653 g/mol. The van der Waals surface area contributed by atoms with Crippen molar-refractivity contribution in [2.24, 2.45) is 11.8 Å². The maximum Gasteiger partial charge on any atom is 0.337 e. The van der Waals surface area contributed by atoms with Crippen LogP contribution >= 0.6 is 23.2 Å². The van der Waals surface area contributed by atoms with Crippen LogP contribution < -0.4 is 14.5 Å². The summed E-state index contributed by atoms with van der Waals surface area (Å²) < 4.78 is 27.5. The lowest BCUT2D eigenvalue weighted by molar-refractivity contribution is 0.0516.